The van der Waals surface area contributed by atoms with Crippen LogP contribution < -0.4 is 0 Å². The van der Waals surface area contributed by atoms with Crippen molar-refractivity contribution in [1.82, 2.24) is 14.5 Å². The third-order valence-electron chi connectivity index (χ3n) is 4.58. The van der Waals surface area contributed by atoms with Crippen LogP contribution in [0.1, 0.15) is 39.4 Å². The molecule has 1 aromatic rings. The number of aromatic nitrogens is 2. The highest BCUT2D eigenvalue weighted by atomic mass is 16.5. The van der Waals surface area contributed by atoms with Crippen LogP contribution in [0.25, 0.3) is 0 Å². The van der Waals surface area contributed by atoms with Crippen molar-refractivity contribution in [2.75, 3.05) is 26.3 Å². The molecule has 0 radical (unpaired) electrons. The van der Waals surface area contributed by atoms with Gasteiger partial charge in [0.2, 0.25) is 0 Å². The Morgan fingerprint density at radius 3 is 2.71 bits per heavy atom. The molecule has 0 N–H and O–H groups in total. The fourth-order valence-corrected chi connectivity index (χ4v) is 2.94. The van der Waals surface area contributed by atoms with Crippen molar-refractivity contribution < 1.29 is 9.53 Å². The molecule has 0 bridgehead atoms. The van der Waals surface area contributed by atoms with Crippen LogP contribution in [0, 0.1) is 0 Å². The number of carbonyl (C=O) groups is 1. The zero-order valence-electron chi connectivity index (χ0n) is 13.5. The van der Waals surface area contributed by atoms with Gasteiger partial charge in [0.25, 0.3) is 0 Å². The van der Waals surface area contributed by atoms with E-state index in [-0.39, 0.29) is 5.78 Å². The molecule has 1 aliphatic rings. The Morgan fingerprint density at radius 2 is 2.10 bits per heavy atom. The Hall–Kier alpha value is -1.20. The predicted molar refractivity (Wildman–Crippen MR) is 82.3 cm³/mol. The third kappa shape index (κ3) is 3.52. The van der Waals surface area contributed by atoms with Gasteiger partial charge in [-0.2, -0.15) is 0 Å². The number of hydrogen-bond donors (Lipinski definition) is 0. The number of Topliss-reactive ketones (excluding diaryl/α,β-unsaturated/α-hetero) is 1. The monoisotopic (exact) mass is 293 g/mol. The third-order valence-corrected chi connectivity index (χ3v) is 4.58. The van der Waals surface area contributed by atoms with Gasteiger partial charge in [0.15, 0.2) is 5.78 Å². The molecular formula is C16H27N3O2. The van der Waals surface area contributed by atoms with E-state index >= 15 is 0 Å². The van der Waals surface area contributed by atoms with E-state index < -0.39 is 5.54 Å². The van der Waals surface area contributed by atoms with Crippen molar-refractivity contribution in [2.24, 2.45) is 0 Å². The maximum absolute atomic E-state index is 12.9. The van der Waals surface area contributed by atoms with Crippen LogP contribution in [0.4, 0.5) is 0 Å². The van der Waals surface area contributed by atoms with E-state index in [1.807, 2.05) is 6.20 Å². The van der Waals surface area contributed by atoms with Gasteiger partial charge in [0.05, 0.1) is 25.2 Å². The number of imidazole rings is 1. The van der Waals surface area contributed by atoms with E-state index in [0.717, 1.165) is 38.3 Å². The Bertz CT molecular complexity index is 466. The SMILES string of the molecule is CCCn1ccnc1CC(=O)C(C)(CC)N1CCOCC1. The van der Waals surface area contributed by atoms with E-state index in [0.29, 0.717) is 19.6 Å². The molecule has 0 saturated carbocycles. The number of nitrogens with zero attached hydrogens (tertiary/aromatic N) is 3. The summed E-state index contributed by atoms with van der Waals surface area (Å²) in [6, 6.07) is 0. The largest absolute Gasteiger partial charge is 0.379 e. The first-order valence-corrected chi connectivity index (χ1v) is 7.98. The molecule has 5 heteroatoms. The van der Waals surface area contributed by atoms with Crippen molar-refractivity contribution in [1.29, 1.82) is 0 Å². The van der Waals surface area contributed by atoms with Crippen LogP contribution >= 0.6 is 0 Å². The average molecular weight is 293 g/mol. The lowest BCUT2D eigenvalue weighted by atomic mass is 9.88. The quantitative estimate of drug-likeness (QED) is 0.770. The van der Waals surface area contributed by atoms with E-state index in [1.165, 1.54) is 0 Å². The summed E-state index contributed by atoms with van der Waals surface area (Å²) in [5.74, 6) is 1.14. The van der Waals surface area contributed by atoms with Gasteiger partial charge in [-0.05, 0) is 19.8 Å². The maximum Gasteiger partial charge on any atom is 0.160 e. The van der Waals surface area contributed by atoms with Gasteiger partial charge in [0.1, 0.15) is 5.82 Å². The smallest absolute Gasteiger partial charge is 0.160 e. The molecule has 1 unspecified atom stereocenters. The minimum Gasteiger partial charge on any atom is -0.379 e. The van der Waals surface area contributed by atoms with Crippen molar-refractivity contribution in [3.05, 3.63) is 18.2 Å². The summed E-state index contributed by atoms with van der Waals surface area (Å²) in [6.45, 7) is 10.3. The van der Waals surface area contributed by atoms with Crippen molar-refractivity contribution >= 4 is 5.78 Å². The molecule has 1 aromatic heterocycles. The topological polar surface area (TPSA) is 47.4 Å². The Balaban J connectivity index is 2.10. The summed E-state index contributed by atoms with van der Waals surface area (Å²) < 4.78 is 7.50. The number of carbonyl (C=O) groups excluding carboxylic acids is 1. The minimum absolute atomic E-state index is 0.260. The molecule has 0 amide bonds. The Morgan fingerprint density at radius 1 is 1.38 bits per heavy atom. The average Bonchev–Trinajstić information content (AvgIpc) is 2.95. The first kappa shape index (κ1) is 16.2. The number of ether oxygens (including phenoxy) is 1. The van der Waals surface area contributed by atoms with E-state index in [9.17, 15) is 4.79 Å². The zero-order chi connectivity index (χ0) is 15.3. The Kier molecular flexibility index (Phi) is 5.53. The van der Waals surface area contributed by atoms with E-state index in [4.69, 9.17) is 4.74 Å². The molecule has 2 heterocycles. The summed E-state index contributed by atoms with van der Waals surface area (Å²) in [6.07, 6.45) is 6.03. The molecule has 1 atom stereocenters. The molecule has 21 heavy (non-hydrogen) atoms. The fourth-order valence-electron chi connectivity index (χ4n) is 2.94. The normalized spacial score (nSPS) is 19.4. The van der Waals surface area contributed by atoms with Crippen molar-refractivity contribution in [2.45, 2.75) is 52.1 Å². The molecule has 0 aliphatic carbocycles. The number of rotatable bonds is 7. The van der Waals surface area contributed by atoms with Crippen LogP contribution in [0.2, 0.25) is 0 Å². The second-order valence-corrected chi connectivity index (χ2v) is 5.86. The highest BCUT2D eigenvalue weighted by molar-refractivity contribution is 5.89. The molecule has 1 saturated heterocycles. The van der Waals surface area contributed by atoms with Crippen LogP contribution in [0.15, 0.2) is 12.4 Å². The molecule has 0 aromatic carbocycles. The zero-order valence-corrected chi connectivity index (χ0v) is 13.5. The first-order chi connectivity index (χ1) is 10.1. The van der Waals surface area contributed by atoms with Crippen LogP contribution in [-0.4, -0.2) is 52.1 Å². The maximum atomic E-state index is 12.9. The standard InChI is InChI=1S/C16H27N3O2/c1-4-7-18-8-6-17-15(18)13-14(20)16(3,5-2)19-9-11-21-12-10-19/h6,8H,4-5,7,9-13H2,1-3H3. The van der Waals surface area contributed by atoms with E-state index in [2.05, 4.69) is 35.2 Å². The number of aryl methyl sites for hydroxylation is 1. The van der Waals surface area contributed by atoms with Crippen LogP contribution in [0.3, 0.4) is 0 Å². The van der Waals surface area contributed by atoms with Crippen molar-refractivity contribution in [3.63, 3.8) is 0 Å². The van der Waals surface area contributed by atoms with Gasteiger partial charge < -0.3 is 9.30 Å². The second-order valence-electron chi connectivity index (χ2n) is 5.86. The van der Waals surface area contributed by atoms with Gasteiger partial charge in [-0.1, -0.05) is 13.8 Å². The fraction of sp³-hybridized carbons (Fsp3) is 0.750. The summed E-state index contributed by atoms with van der Waals surface area (Å²) in [4.78, 5) is 19.5. The van der Waals surface area contributed by atoms with E-state index in [1.54, 1.807) is 6.20 Å². The summed E-state index contributed by atoms with van der Waals surface area (Å²) in [5.41, 5.74) is -0.410. The molecule has 5 nitrogen and oxygen atoms in total. The molecular weight excluding hydrogens is 266 g/mol. The second kappa shape index (κ2) is 7.18. The van der Waals surface area contributed by atoms with Crippen molar-refractivity contribution in [3.8, 4) is 0 Å². The lowest BCUT2D eigenvalue weighted by Crippen LogP contribution is -2.56. The summed E-state index contributed by atoms with van der Waals surface area (Å²) in [5, 5.41) is 0. The van der Waals surface area contributed by atoms with Gasteiger partial charge in [0, 0.05) is 32.0 Å². The Labute approximate surface area is 127 Å². The predicted octanol–water partition coefficient (Wildman–Crippen LogP) is 1.91. The van der Waals surface area contributed by atoms with Crippen LogP contribution in [-0.2, 0) is 22.5 Å². The lowest BCUT2D eigenvalue weighted by Gasteiger charge is -2.41. The molecule has 1 aliphatic heterocycles. The van der Waals surface area contributed by atoms with Gasteiger partial charge >= 0.3 is 0 Å². The molecule has 118 valence electrons. The highest BCUT2D eigenvalue weighted by Gasteiger charge is 2.38. The number of ketones is 1. The summed E-state index contributed by atoms with van der Waals surface area (Å²) >= 11 is 0. The first-order valence-electron chi connectivity index (χ1n) is 7.98. The van der Waals surface area contributed by atoms with Gasteiger partial charge in [-0.15, -0.1) is 0 Å². The molecule has 2 rings (SSSR count). The number of morpholine rings is 1. The van der Waals surface area contributed by atoms with Gasteiger partial charge in [-0.25, -0.2) is 4.98 Å². The van der Waals surface area contributed by atoms with Gasteiger partial charge in [-0.3, -0.25) is 9.69 Å². The lowest BCUT2D eigenvalue weighted by molar-refractivity contribution is -0.133. The summed E-state index contributed by atoms with van der Waals surface area (Å²) in [7, 11) is 0. The minimum atomic E-state index is -0.410. The number of hydrogen-bond acceptors (Lipinski definition) is 4. The molecule has 0 spiro atoms. The molecule has 1 fully saturated rings. The van der Waals surface area contributed by atoms with Crippen LogP contribution in [0.5, 0.6) is 0 Å². The highest BCUT2D eigenvalue weighted by Crippen LogP contribution is 2.23.